The Morgan fingerprint density at radius 1 is 1.38 bits per heavy atom. The molecule has 90 valence electrons. The van der Waals surface area contributed by atoms with E-state index in [0.717, 1.165) is 10.6 Å². The average molecular weight is 237 g/mol. The molecule has 0 bridgehead atoms. The van der Waals surface area contributed by atoms with Gasteiger partial charge in [0.1, 0.15) is 5.82 Å². The zero-order valence-corrected chi connectivity index (χ0v) is 8.17. The lowest BCUT2D eigenvalue weighted by atomic mass is 10.3. The Morgan fingerprint density at radius 2 is 2.00 bits per heavy atom. The smallest absolute Gasteiger partial charge is 0.385 e. The minimum Gasteiger partial charge on any atom is -0.385 e. The Balaban J connectivity index is 2.76. The molecule has 0 aromatic carbocycles. The third-order valence-corrected chi connectivity index (χ3v) is 1.91. The highest BCUT2D eigenvalue weighted by molar-refractivity contribution is 5.25. The number of nitrogen functional groups attached to an aromatic ring is 1. The van der Waals surface area contributed by atoms with E-state index in [1.807, 2.05) is 4.98 Å². The van der Waals surface area contributed by atoms with Crippen LogP contribution in [0.25, 0.3) is 0 Å². The predicted molar refractivity (Wildman–Crippen MR) is 51.0 cm³/mol. The number of aromatic nitrogens is 2. The molecule has 0 amide bonds. The Bertz CT molecular complexity index is 475. The highest BCUT2D eigenvalue weighted by atomic mass is 19.4. The van der Waals surface area contributed by atoms with Crippen molar-refractivity contribution < 1.29 is 13.2 Å². The van der Waals surface area contributed by atoms with Crippen molar-refractivity contribution in [2.45, 2.75) is 25.6 Å². The number of hydrogen-bond acceptors (Lipinski definition) is 3. The Morgan fingerprint density at radius 3 is 2.50 bits per heavy atom. The van der Waals surface area contributed by atoms with Crippen LogP contribution in [0.3, 0.4) is 0 Å². The van der Waals surface area contributed by atoms with Crippen LogP contribution in [0, 0.1) is 0 Å². The van der Waals surface area contributed by atoms with Crippen LogP contribution in [-0.4, -0.2) is 15.7 Å². The van der Waals surface area contributed by atoms with Crippen molar-refractivity contribution in [2.24, 2.45) is 0 Å². The summed E-state index contributed by atoms with van der Waals surface area (Å²) < 4.78 is 36.4. The van der Waals surface area contributed by atoms with Crippen LogP contribution in [0.5, 0.6) is 0 Å². The fourth-order valence-electron chi connectivity index (χ4n) is 1.21. The highest BCUT2D eigenvalue weighted by Gasteiger charge is 2.26. The second kappa shape index (κ2) is 4.42. The van der Waals surface area contributed by atoms with E-state index in [2.05, 4.69) is 0 Å². The van der Waals surface area contributed by atoms with Crippen molar-refractivity contribution in [1.29, 1.82) is 0 Å². The molecule has 0 aliphatic carbocycles. The monoisotopic (exact) mass is 237 g/mol. The number of alkyl halides is 3. The quantitative estimate of drug-likeness (QED) is 0.801. The molecular weight excluding hydrogens is 227 g/mol. The van der Waals surface area contributed by atoms with Gasteiger partial charge in [-0.15, -0.1) is 0 Å². The lowest BCUT2D eigenvalue weighted by Crippen LogP contribution is -2.31. The molecule has 16 heavy (non-hydrogen) atoms. The summed E-state index contributed by atoms with van der Waals surface area (Å²) in [5.74, 6) is -0.143. The molecule has 0 radical (unpaired) electrons. The molecule has 0 unspecified atom stereocenters. The van der Waals surface area contributed by atoms with Crippen molar-refractivity contribution in [3.05, 3.63) is 26.9 Å². The fraction of sp³-hybridized carbons (Fsp3) is 0.500. The van der Waals surface area contributed by atoms with Crippen LogP contribution in [-0.2, 0) is 6.54 Å². The van der Waals surface area contributed by atoms with Crippen molar-refractivity contribution in [3.63, 3.8) is 0 Å². The molecule has 1 heterocycles. The van der Waals surface area contributed by atoms with Gasteiger partial charge in [0.15, 0.2) is 0 Å². The standard InChI is InChI=1S/C8H10F3N3O2/c9-8(10,11)2-1-3-14-5(12)4-6(15)13-7(14)16/h4H,1-3,12H2,(H,13,15,16). The van der Waals surface area contributed by atoms with Crippen molar-refractivity contribution >= 4 is 5.82 Å². The molecule has 1 aromatic rings. The summed E-state index contributed by atoms with van der Waals surface area (Å²) in [6.07, 6.45) is -5.53. The topological polar surface area (TPSA) is 80.9 Å². The van der Waals surface area contributed by atoms with Gasteiger partial charge in [0.25, 0.3) is 5.56 Å². The maximum Gasteiger partial charge on any atom is 0.389 e. The number of rotatable bonds is 3. The molecule has 0 saturated carbocycles. The summed E-state index contributed by atoms with van der Waals surface area (Å²) in [6, 6.07) is 0.953. The zero-order valence-electron chi connectivity index (χ0n) is 8.17. The van der Waals surface area contributed by atoms with Gasteiger partial charge in [-0.25, -0.2) is 4.79 Å². The Hall–Kier alpha value is -1.73. The summed E-state index contributed by atoms with van der Waals surface area (Å²) >= 11 is 0. The minimum atomic E-state index is -4.26. The van der Waals surface area contributed by atoms with Crippen LogP contribution >= 0.6 is 0 Å². The first-order valence-corrected chi connectivity index (χ1v) is 4.46. The SMILES string of the molecule is Nc1cc(=O)[nH]c(=O)n1CCCC(F)(F)F. The van der Waals surface area contributed by atoms with Crippen molar-refractivity contribution in [1.82, 2.24) is 9.55 Å². The molecule has 5 nitrogen and oxygen atoms in total. The lowest BCUT2D eigenvalue weighted by Gasteiger charge is -2.09. The number of hydrogen-bond donors (Lipinski definition) is 2. The molecule has 3 N–H and O–H groups in total. The first-order chi connectivity index (χ1) is 7.29. The fourth-order valence-corrected chi connectivity index (χ4v) is 1.21. The number of nitrogens with two attached hydrogens (primary N) is 1. The second-order valence-corrected chi connectivity index (χ2v) is 3.23. The maximum absolute atomic E-state index is 11.8. The van der Waals surface area contributed by atoms with Gasteiger partial charge in [-0.3, -0.25) is 14.3 Å². The third-order valence-electron chi connectivity index (χ3n) is 1.91. The van der Waals surface area contributed by atoms with E-state index in [0.29, 0.717) is 0 Å². The van der Waals surface area contributed by atoms with E-state index in [4.69, 9.17) is 5.73 Å². The van der Waals surface area contributed by atoms with Gasteiger partial charge in [-0.2, -0.15) is 13.2 Å². The minimum absolute atomic E-state index is 0.143. The van der Waals surface area contributed by atoms with Gasteiger partial charge < -0.3 is 5.73 Å². The first kappa shape index (κ1) is 12.3. The predicted octanol–water partition coefficient (Wildman–Crippen LogP) is 0.461. The molecule has 0 aliphatic rings. The Kier molecular flexibility index (Phi) is 3.41. The molecular formula is C8H10F3N3O2. The molecule has 0 aliphatic heterocycles. The van der Waals surface area contributed by atoms with E-state index in [1.165, 1.54) is 0 Å². The van der Waals surface area contributed by atoms with Gasteiger partial charge in [0.05, 0.1) is 0 Å². The molecule has 8 heteroatoms. The number of nitrogens with one attached hydrogen (secondary N) is 1. The molecule has 0 atom stereocenters. The normalized spacial score (nSPS) is 11.7. The van der Waals surface area contributed by atoms with Crippen LogP contribution in [0.15, 0.2) is 15.7 Å². The van der Waals surface area contributed by atoms with Gasteiger partial charge in [-0.1, -0.05) is 0 Å². The molecule has 1 aromatic heterocycles. The summed E-state index contributed by atoms with van der Waals surface area (Å²) in [4.78, 5) is 23.8. The van der Waals surface area contributed by atoms with Crippen LogP contribution in [0.4, 0.5) is 19.0 Å². The number of aromatic amines is 1. The zero-order chi connectivity index (χ0) is 12.3. The first-order valence-electron chi connectivity index (χ1n) is 4.46. The van der Waals surface area contributed by atoms with Gasteiger partial charge in [0, 0.05) is 19.0 Å². The summed E-state index contributed by atoms with van der Waals surface area (Å²) in [7, 11) is 0. The van der Waals surface area contributed by atoms with E-state index in [1.54, 1.807) is 0 Å². The number of nitrogens with zero attached hydrogens (tertiary/aromatic N) is 1. The lowest BCUT2D eigenvalue weighted by molar-refractivity contribution is -0.135. The average Bonchev–Trinajstić information content (AvgIpc) is 2.07. The van der Waals surface area contributed by atoms with Crippen LogP contribution in [0.2, 0.25) is 0 Å². The second-order valence-electron chi connectivity index (χ2n) is 3.23. The largest absolute Gasteiger partial charge is 0.389 e. The molecule has 0 saturated heterocycles. The van der Waals surface area contributed by atoms with E-state index < -0.39 is 23.8 Å². The maximum atomic E-state index is 11.8. The van der Waals surface area contributed by atoms with Crippen molar-refractivity contribution in [2.75, 3.05) is 5.73 Å². The van der Waals surface area contributed by atoms with E-state index >= 15 is 0 Å². The number of H-pyrrole nitrogens is 1. The van der Waals surface area contributed by atoms with E-state index in [-0.39, 0.29) is 18.8 Å². The van der Waals surface area contributed by atoms with Gasteiger partial charge in [-0.05, 0) is 6.42 Å². The molecule has 0 spiro atoms. The summed E-state index contributed by atoms with van der Waals surface area (Å²) in [5, 5.41) is 0. The Labute approximate surface area is 87.7 Å². The van der Waals surface area contributed by atoms with Crippen LogP contribution in [0.1, 0.15) is 12.8 Å². The highest BCUT2D eigenvalue weighted by Crippen LogP contribution is 2.21. The van der Waals surface area contributed by atoms with E-state index in [9.17, 15) is 22.8 Å². The summed E-state index contributed by atoms with van der Waals surface area (Å²) in [6.45, 7) is -0.180. The molecule has 0 fully saturated rings. The number of anilines is 1. The number of halogens is 3. The summed E-state index contributed by atoms with van der Waals surface area (Å²) in [5.41, 5.74) is 3.86. The molecule has 1 rings (SSSR count). The van der Waals surface area contributed by atoms with Crippen molar-refractivity contribution in [3.8, 4) is 0 Å². The van der Waals surface area contributed by atoms with Gasteiger partial charge >= 0.3 is 11.9 Å². The third kappa shape index (κ3) is 3.44. The van der Waals surface area contributed by atoms with Crippen LogP contribution < -0.4 is 17.0 Å². The van der Waals surface area contributed by atoms with Gasteiger partial charge in [0.2, 0.25) is 0 Å².